The van der Waals surface area contributed by atoms with Gasteiger partial charge in [0.25, 0.3) is 5.91 Å². The molecule has 0 spiro atoms. The van der Waals surface area contributed by atoms with Crippen LogP contribution in [-0.2, 0) is 4.79 Å². The minimum Gasteiger partial charge on any atom is -0.486 e. The molecule has 4 rings (SSSR count). The molecule has 1 aliphatic heterocycles. The largest absolute Gasteiger partial charge is 0.486 e. The molecule has 0 saturated heterocycles. The molecule has 3 aliphatic rings. The van der Waals surface area contributed by atoms with Crippen LogP contribution in [0.1, 0.15) is 36.0 Å². The maximum Gasteiger partial charge on any atom is 0.317 e. The Balaban J connectivity index is 1.33. The smallest absolute Gasteiger partial charge is 0.317 e. The summed E-state index contributed by atoms with van der Waals surface area (Å²) < 4.78 is 11.1. The third kappa shape index (κ3) is 3.77. The molecule has 2 saturated carbocycles. The van der Waals surface area contributed by atoms with Gasteiger partial charge in [-0.2, -0.15) is 0 Å². The van der Waals surface area contributed by atoms with Crippen LogP contribution in [0.3, 0.4) is 0 Å². The average Bonchev–Trinajstić information content (AvgIpc) is 3.40. The Bertz CT molecular complexity index is 697. The van der Waals surface area contributed by atoms with Crippen LogP contribution in [-0.4, -0.2) is 60.3 Å². The Labute approximate surface area is 152 Å². The van der Waals surface area contributed by atoms with E-state index in [-0.39, 0.29) is 24.5 Å². The van der Waals surface area contributed by atoms with Gasteiger partial charge < -0.3 is 19.9 Å². The molecule has 7 nitrogen and oxygen atoms in total. The molecule has 1 aromatic carbocycles. The topological polar surface area (TPSA) is 88.1 Å². The zero-order chi connectivity index (χ0) is 18.1. The van der Waals surface area contributed by atoms with E-state index in [0.29, 0.717) is 36.2 Å². The number of hydrogen-bond donors (Lipinski definition) is 2. The lowest BCUT2D eigenvalue weighted by atomic mass is 9.85. The number of carboxylic acids is 1. The van der Waals surface area contributed by atoms with Crippen LogP contribution in [0.2, 0.25) is 0 Å². The number of carboxylic acid groups (broad SMARTS) is 1. The van der Waals surface area contributed by atoms with Crippen LogP contribution in [0.25, 0.3) is 0 Å². The van der Waals surface area contributed by atoms with E-state index in [1.54, 1.807) is 18.2 Å². The van der Waals surface area contributed by atoms with Crippen molar-refractivity contribution in [1.82, 2.24) is 10.2 Å². The van der Waals surface area contributed by atoms with Crippen molar-refractivity contribution in [3.8, 4) is 11.5 Å². The number of benzene rings is 1. The van der Waals surface area contributed by atoms with Gasteiger partial charge in [-0.1, -0.05) is 6.07 Å². The Morgan fingerprint density at radius 1 is 1.19 bits per heavy atom. The number of nitrogens with zero attached hydrogens (tertiary/aromatic N) is 1. The second-order valence-electron chi connectivity index (χ2n) is 7.39. The fourth-order valence-electron chi connectivity index (χ4n) is 3.67. The number of carbonyl (C=O) groups is 2. The number of para-hydroxylation sites is 1. The molecule has 0 aromatic heterocycles. The molecule has 26 heavy (non-hydrogen) atoms. The number of carbonyl (C=O) groups excluding carboxylic acids is 1. The lowest BCUT2D eigenvalue weighted by molar-refractivity contribution is -0.139. The summed E-state index contributed by atoms with van der Waals surface area (Å²) in [6.07, 6.45) is 3.98. The first-order chi connectivity index (χ1) is 12.6. The third-order valence-electron chi connectivity index (χ3n) is 5.30. The number of rotatable bonds is 7. The van der Waals surface area contributed by atoms with Crippen LogP contribution in [0.4, 0.5) is 0 Å². The summed E-state index contributed by atoms with van der Waals surface area (Å²) in [4.78, 5) is 25.8. The summed E-state index contributed by atoms with van der Waals surface area (Å²) in [6, 6.07) is 5.63. The van der Waals surface area contributed by atoms with Crippen molar-refractivity contribution >= 4 is 11.9 Å². The standard InChI is InChI=1S/C19H24N2O5/c22-17(23)11-21(10-12-4-5-12)14-8-13(9-14)20-19(24)15-2-1-3-16-18(15)26-7-6-25-16/h1-3,12-14H,4-11H2,(H,20,24)(H,22,23). The summed E-state index contributed by atoms with van der Waals surface area (Å²) in [7, 11) is 0. The summed E-state index contributed by atoms with van der Waals surface area (Å²) in [5.74, 6) is 0.811. The molecule has 1 heterocycles. The van der Waals surface area contributed by atoms with Crippen LogP contribution < -0.4 is 14.8 Å². The van der Waals surface area contributed by atoms with Crippen LogP contribution in [0, 0.1) is 5.92 Å². The summed E-state index contributed by atoms with van der Waals surface area (Å²) in [5, 5.41) is 12.2. The third-order valence-corrected chi connectivity index (χ3v) is 5.30. The van der Waals surface area contributed by atoms with E-state index in [4.69, 9.17) is 14.6 Å². The summed E-state index contributed by atoms with van der Waals surface area (Å²) in [6.45, 7) is 1.87. The van der Waals surface area contributed by atoms with Crippen molar-refractivity contribution in [3.05, 3.63) is 23.8 Å². The molecular weight excluding hydrogens is 336 g/mol. The average molecular weight is 360 g/mol. The first-order valence-corrected chi connectivity index (χ1v) is 9.25. The highest BCUT2D eigenvalue weighted by molar-refractivity contribution is 5.98. The van der Waals surface area contributed by atoms with Crippen molar-refractivity contribution < 1.29 is 24.2 Å². The van der Waals surface area contributed by atoms with Gasteiger partial charge >= 0.3 is 5.97 Å². The van der Waals surface area contributed by atoms with E-state index in [1.165, 1.54) is 12.8 Å². The fourth-order valence-corrected chi connectivity index (χ4v) is 3.67. The molecule has 1 amide bonds. The quantitative estimate of drug-likeness (QED) is 0.766. The zero-order valence-corrected chi connectivity index (χ0v) is 14.6. The maximum atomic E-state index is 12.6. The Hall–Kier alpha value is -2.28. The van der Waals surface area contributed by atoms with Crippen molar-refractivity contribution in [2.24, 2.45) is 5.92 Å². The Morgan fingerprint density at radius 3 is 2.69 bits per heavy atom. The molecule has 0 unspecified atom stereocenters. The molecular formula is C19H24N2O5. The lowest BCUT2D eigenvalue weighted by Crippen LogP contribution is -2.55. The number of ether oxygens (including phenoxy) is 2. The van der Waals surface area contributed by atoms with Gasteiger partial charge in [-0.3, -0.25) is 14.5 Å². The van der Waals surface area contributed by atoms with E-state index >= 15 is 0 Å². The van der Waals surface area contributed by atoms with Crippen LogP contribution in [0.5, 0.6) is 11.5 Å². The number of nitrogens with one attached hydrogen (secondary N) is 1. The Morgan fingerprint density at radius 2 is 1.96 bits per heavy atom. The van der Waals surface area contributed by atoms with Gasteiger partial charge in [0.05, 0.1) is 12.1 Å². The SMILES string of the molecule is O=C(O)CN(CC1CC1)C1CC(NC(=O)c2cccc3c2OCCO3)C1. The first kappa shape index (κ1) is 17.1. The van der Waals surface area contributed by atoms with E-state index in [0.717, 1.165) is 19.4 Å². The van der Waals surface area contributed by atoms with Crippen molar-refractivity contribution in [3.63, 3.8) is 0 Å². The fraction of sp³-hybridized carbons (Fsp3) is 0.579. The van der Waals surface area contributed by atoms with E-state index in [9.17, 15) is 9.59 Å². The predicted molar refractivity (Wildman–Crippen MR) is 93.6 cm³/mol. The molecule has 0 atom stereocenters. The second kappa shape index (κ2) is 7.15. The molecule has 140 valence electrons. The van der Waals surface area contributed by atoms with Gasteiger partial charge in [0.1, 0.15) is 13.2 Å². The number of amides is 1. The second-order valence-corrected chi connectivity index (χ2v) is 7.39. The number of fused-ring (bicyclic) bond motifs is 1. The van der Waals surface area contributed by atoms with Gasteiger partial charge in [-0.25, -0.2) is 0 Å². The molecule has 2 aliphatic carbocycles. The van der Waals surface area contributed by atoms with E-state index < -0.39 is 5.97 Å². The van der Waals surface area contributed by atoms with E-state index in [2.05, 4.69) is 10.2 Å². The highest BCUT2D eigenvalue weighted by Crippen LogP contribution is 2.35. The normalized spacial score (nSPS) is 24.0. The van der Waals surface area contributed by atoms with Gasteiger partial charge in [0.2, 0.25) is 0 Å². The summed E-state index contributed by atoms with van der Waals surface area (Å²) >= 11 is 0. The molecule has 2 fully saturated rings. The molecule has 0 bridgehead atoms. The highest BCUT2D eigenvalue weighted by atomic mass is 16.6. The molecule has 1 aromatic rings. The molecule has 7 heteroatoms. The van der Waals surface area contributed by atoms with Gasteiger partial charge in [-0.15, -0.1) is 0 Å². The van der Waals surface area contributed by atoms with Gasteiger partial charge in [0.15, 0.2) is 11.5 Å². The summed E-state index contributed by atoms with van der Waals surface area (Å²) in [5.41, 5.74) is 0.492. The van der Waals surface area contributed by atoms with Crippen LogP contribution >= 0.6 is 0 Å². The molecule has 0 radical (unpaired) electrons. The predicted octanol–water partition coefficient (Wildman–Crippen LogP) is 1.52. The molecule has 2 N–H and O–H groups in total. The number of aliphatic carboxylic acids is 1. The van der Waals surface area contributed by atoms with Gasteiger partial charge in [-0.05, 0) is 43.7 Å². The zero-order valence-electron chi connectivity index (χ0n) is 14.6. The minimum absolute atomic E-state index is 0.0726. The monoisotopic (exact) mass is 360 g/mol. The Kier molecular flexibility index (Phi) is 4.72. The van der Waals surface area contributed by atoms with Crippen molar-refractivity contribution in [2.75, 3.05) is 26.3 Å². The minimum atomic E-state index is -0.786. The maximum absolute atomic E-state index is 12.6. The lowest BCUT2D eigenvalue weighted by Gasteiger charge is -2.42. The first-order valence-electron chi connectivity index (χ1n) is 9.25. The number of hydrogen-bond acceptors (Lipinski definition) is 5. The van der Waals surface area contributed by atoms with Gasteiger partial charge in [0, 0.05) is 18.6 Å². The van der Waals surface area contributed by atoms with E-state index in [1.807, 2.05) is 0 Å². The van der Waals surface area contributed by atoms with Crippen molar-refractivity contribution in [1.29, 1.82) is 0 Å². The van der Waals surface area contributed by atoms with Crippen molar-refractivity contribution in [2.45, 2.75) is 37.8 Å². The van der Waals surface area contributed by atoms with Crippen LogP contribution in [0.15, 0.2) is 18.2 Å². The highest BCUT2D eigenvalue weighted by Gasteiger charge is 2.38.